The van der Waals surface area contributed by atoms with Gasteiger partial charge >= 0.3 is 0 Å². The number of anilines is 2. The van der Waals surface area contributed by atoms with Gasteiger partial charge in [0.05, 0.1) is 15.7 Å². The lowest BCUT2D eigenvalue weighted by molar-refractivity contribution is 0.712. The Labute approximate surface area is 156 Å². The molecular weight excluding hydrogens is 338 g/mol. The first-order chi connectivity index (χ1) is 12.9. The number of rotatable bonds is 1. The van der Waals surface area contributed by atoms with Crippen molar-refractivity contribution < 1.29 is 0 Å². The average molecular weight is 355 g/mol. The Morgan fingerprint density at radius 2 is 1.65 bits per heavy atom. The van der Waals surface area contributed by atoms with Crippen molar-refractivity contribution in [1.29, 1.82) is 0 Å². The fourth-order valence-electron chi connectivity index (χ4n) is 4.43. The fourth-order valence-corrected chi connectivity index (χ4v) is 5.14. The van der Waals surface area contributed by atoms with Gasteiger partial charge in [-0.2, -0.15) is 0 Å². The molecule has 0 amide bonds. The maximum atomic E-state index is 4.42. The molecule has 2 aliphatic heterocycles. The summed E-state index contributed by atoms with van der Waals surface area (Å²) in [5.41, 5.74) is 9.74. The summed E-state index contributed by atoms with van der Waals surface area (Å²) >= 11 is 1.71. The zero-order valence-electron chi connectivity index (χ0n) is 14.2. The van der Waals surface area contributed by atoms with Crippen LogP contribution in [0.3, 0.4) is 0 Å². The predicted octanol–water partition coefficient (Wildman–Crippen LogP) is 5.30. The van der Waals surface area contributed by atoms with E-state index in [1.165, 1.54) is 32.8 Å². The van der Waals surface area contributed by atoms with E-state index < -0.39 is 0 Å². The van der Waals surface area contributed by atoms with E-state index in [4.69, 9.17) is 0 Å². The molecule has 1 aromatic heterocycles. The van der Waals surface area contributed by atoms with Crippen molar-refractivity contribution in [2.24, 2.45) is 0 Å². The highest BCUT2D eigenvalue weighted by Gasteiger charge is 2.39. The third-order valence-corrected chi connectivity index (χ3v) is 6.35. The normalized spacial score (nSPS) is 17.9. The molecule has 4 aromatic rings. The van der Waals surface area contributed by atoms with Crippen LogP contribution in [-0.4, -0.2) is 18.1 Å². The van der Waals surface area contributed by atoms with Gasteiger partial charge < -0.3 is 9.80 Å². The molecule has 1 fully saturated rings. The lowest BCUT2D eigenvalue weighted by Gasteiger charge is -2.39. The molecule has 0 aliphatic carbocycles. The van der Waals surface area contributed by atoms with E-state index in [2.05, 4.69) is 81.5 Å². The molecule has 6 rings (SSSR count). The smallest absolute Gasteiger partial charge is 0.129 e. The molecule has 1 saturated heterocycles. The lowest BCUT2D eigenvalue weighted by atomic mass is 9.91. The van der Waals surface area contributed by atoms with E-state index in [-0.39, 0.29) is 6.17 Å². The van der Waals surface area contributed by atoms with Crippen LogP contribution in [-0.2, 0) is 0 Å². The summed E-state index contributed by atoms with van der Waals surface area (Å²) in [4.78, 5) is 9.51. The number of para-hydroxylation sites is 1. The maximum absolute atomic E-state index is 4.42. The highest BCUT2D eigenvalue weighted by molar-refractivity contribution is 7.16. The van der Waals surface area contributed by atoms with Crippen LogP contribution < -0.4 is 9.80 Å². The minimum Gasteiger partial charge on any atom is -0.345 e. The summed E-state index contributed by atoms with van der Waals surface area (Å²) in [5, 5.41) is 0. The van der Waals surface area contributed by atoms with E-state index in [1.54, 1.807) is 11.3 Å². The summed E-state index contributed by atoms with van der Waals surface area (Å²) in [6.45, 7) is 2.06. The lowest BCUT2D eigenvalue weighted by Crippen LogP contribution is -2.33. The molecule has 0 radical (unpaired) electrons. The van der Waals surface area contributed by atoms with Crippen LogP contribution in [0.2, 0.25) is 0 Å². The van der Waals surface area contributed by atoms with Crippen LogP contribution >= 0.6 is 11.3 Å². The fraction of sp³-hybridized carbons (Fsp3) is 0.136. The maximum Gasteiger partial charge on any atom is 0.129 e. The Hall–Kier alpha value is -2.85. The first kappa shape index (κ1) is 14.3. The first-order valence-corrected chi connectivity index (χ1v) is 9.83. The summed E-state index contributed by atoms with van der Waals surface area (Å²) < 4.78 is 1.26. The molecule has 1 atom stereocenters. The molecule has 0 N–H and O–H groups in total. The molecule has 3 nitrogen and oxygen atoms in total. The molecule has 4 heteroatoms. The number of hydrogen-bond donors (Lipinski definition) is 0. The second kappa shape index (κ2) is 5.32. The van der Waals surface area contributed by atoms with E-state index >= 15 is 0 Å². The van der Waals surface area contributed by atoms with E-state index in [0.717, 1.165) is 18.6 Å². The quantitative estimate of drug-likeness (QED) is 0.462. The standard InChI is InChI=1S/C22H17N3S/c1-2-7-18-16(5-1)17-6-3-4-8-20(17)25-12-11-24(22(18)25)15-9-10-19-21(13-15)26-14-23-19/h1-10,13-14,22H,11-12H2. The van der Waals surface area contributed by atoms with Crippen LogP contribution in [0.5, 0.6) is 0 Å². The number of hydrogen-bond acceptors (Lipinski definition) is 4. The van der Waals surface area contributed by atoms with Gasteiger partial charge in [-0.25, -0.2) is 4.98 Å². The second-order valence-corrected chi connectivity index (χ2v) is 7.76. The van der Waals surface area contributed by atoms with Crippen molar-refractivity contribution in [2.75, 3.05) is 22.9 Å². The molecule has 0 spiro atoms. The second-order valence-electron chi connectivity index (χ2n) is 6.87. The van der Waals surface area contributed by atoms with Crippen molar-refractivity contribution in [3.63, 3.8) is 0 Å². The Balaban J connectivity index is 1.54. The summed E-state index contributed by atoms with van der Waals surface area (Å²) in [6.07, 6.45) is 0.256. The monoisotopic (exact) mass is 355 g/mol. The van der Waals surface area contributed by atoms with Gasteiger partial charge in [-0.3, -0.25) is 0 Å². The molecular formula is C22H17N3S. The minimum atomic E-state index is 0.256. The highest BCUT2D eigenvalue weighted by Crippen LogP contribution is 2.49. The van der Waals surface area contributed by atoms with Crippen LogP contribution in [0.15, 0.2) is 72.2 Å². The van der Waals surface area contributed by atoms with E-state index in [1.807, 2.05) is 5.51 Å². The number of aromatic nitrogens is 1. The molecule has 1 unspecified atom stereocenters. The van der Waals surface area contributed by atoms with Gasteiger partial charge in [-0.1, -0.05) is 42.5 Å². The largest absolute Gasteiger partial charge is 0.345 e. The van der Waals surface area contributed by atoms with Crippen molar-refractivity contribution in [3.8, 4) is 11.1 Å². The molecule has 26 heavy (non-hydrogen) atoms. The molecule has 0 bridgehead atoms. The zero-order chi connectivity index (χ0) is 17.1. The third-order valence-electron chi connectivity index (χ3n) is 5.56. The zero-order valence-corrected chi connectivity index (χ0v) is 15.0. The van der Waals surface area contributed by atoms with Crippen LogP contribution in [0.1, 0.15) is 11.7 Å². The molecule has 3 aromatic carbocycles. The SMILES string of the molecule is c1ccc2c(c1)-c1ccccc1N1CCN(c3ccc4ncsc4c3)C21. The summed E-state index contributed by atoms with van der Waals surface area (Å²) in [7, 11) is 0. The van der Waals surface area contributed by atoms with Crippen LogP contribution in [0.4, 0.5) is 11.4 Å². The molecule has 3 heterocycles. The van der Waals surface area contributed by atoms with Gasteiger partial charge in [0.1, 0.15) is 6.17 Å². The van der Waals surface area contributed by atoms with Crippen molar-refractivity contribution in [1.82, 2.24) is 4.98 Å². The van der Waals surface area contributed by atoms with Gasteiger partial charge in [0, 0.05) is 35.6 Å². The Bertz CT molecular complexity index is 1130. The van der Waals surface area contributed by atoms with Gasteiger partial charge in [0.25, 0.3) is 0 Å². The van der Waals surface area contributed by atoms with Gasteiger partial charge in [-0.05, 0) is 29.8 Å². The first-order valence-electron chi connectivity index (χ1n) is 8.95. The third kappa shape index (κ3) is 1.90. The number of benzene rings is 3. The highest BCUT2D eigenvalue weighted by atomic mass is 32.1. The Kier molecular flexibility index (Phi) is 2.93. The molecule has 2 aliphatic rings. The summed E-state index contributed by atoms with van der Waals surface area (Å²) in [6, 6.07) is 24.3. The Morgan fingerprint density at radius 1 is 0.846 bits per heavy atom. The molecule has 126 valence electrons. The van der Waals surface area contributed by atoms with Crippen LogP contribution in [0.25, 0.3) is 21.3 Å². The average Bonchev–Trinajstić information content (AvgIpc) is 3.35. The van der Waals surface area contributed by atoms with Crippen molar-refractivity contribution >= 4 is 32.9 Å². The number of fused-ring (bicyclic) bond motifs is 7. The summed E-state index contributed by atoms with van der Waals surface area (Å²) in [5.74, 6) is 0. The van der Waals surface area contributed by atoms with E-state index in [9.17, 15) is 0 Å². The van der Waals surface area contributed by atoms with Crippen molar-refractivity contribution in [3.05, 3.63) is 77.8 Å². The number of nitrogens with zero attached hydrogens (tertiary/aromatic N) is 3. The van der Waals surface area contributed by atoms with Crippen molar-refractivity contribution in [2.45, 2.75) is 6.17 Å². The van der Waals surface area contributed by atoms with Gasteiger partial charge in [-0.15, -0.1) is 11.3 Å². The van der Waals surface area contributed by atoms with E-state index in [0.29, 0.717) is 0 Å². The van der Waals surface area contributed by atoms with Crippen LogP contribution in [0, 0.1) is 0 Å². The predicted molar refractivity (Wildman–Crippen MR) is 109 cm³/mol. The minimum absolute atomic E-state index is 0.256. The number of thiazole rings is 1. The Morgan fingerprint density at radius 3 is 2.62 bits per heavy atom. The van der Waals surface area contributed by atoms with Gasteiger partial charge in [0.2, 0.25) is 0 Å². The topological polar surface area (TPSA) is 19.4 Å². The van der Waals surface area contributed by atoms with Gasteiger partial charge in [0.15, 0.2) is 0 Å². The molecule has 0 saturated carbocycles.